The van der Waals surface area contributed by atoms with E-state index in [9.17, 15) is 0 Å². The van der Waals surface area contributed by atoms with E-state index >= 15 is 0 Å². The Hall–Kier alpha value is -0.560. The van der Waals surface area contributed by atoms with Gasteiger partial charge in [0, 0.05) is 6.04 Å². The predicted octanol–water partition coefficient (Wildman–Crippen LogP) is 3.77. The van der Waals surface area contributed by atoms with Crippen LogP contribution >= 0.6 is 0 Å². The maximum atomic E-state index is 2.81. The quantitative estimate of drug-likeness (QED) is 0.677. The SMILES string of the molecule is CC1CC2C=C3CCCC3=CC2C1N1CCCC1. The van der Waals surface area contributed by atoms with Gasteiger partial charge in [-0.15, -0.1) is 0 Å². The van der Waals surface area contributed by atoms with Crippen LogP contribution in [-0.4, -0.2) is 24.0 Å². The highest BCUT2D eigenvalue weighted by molar-refractivity contribution is 5.40. The molecule has 4 unspecified atom stereocenters. The highest BCUT2D eigenvalue weighted by Crippen LogP contribution is 2.48. The van der Waals surface area contributed by atoms with Gasteiger partial charge in [-0.25, -0.2) is 0 Å². The fourth-order valence-electron chi connectivity index (χ4n) is 5.06. The fraction of sp³-hybridized carbons (Fsp3) is 0.765. The summed E-state index contributed by atoms with van der Waals surface area (Å²) in [6.07, 6.45) is 13.8. The van der Waals surface area contributed by atoms with Crippen molar-refractivity contribution < 1.29 is 0 Å². The summed E-state index contributed by atoms with van der Waals surface area (Å²) in [5.74, 6) is 2.60. The monoisotopic (exact) mass is 243 g/mol. The normalized spacial score (nSPS) is 43.6. The van der Waals surface area contributed by atoms with Crippen LogP contribution in [0, 0.1) is 17.8 Å². The number of rotatable bonds is 1. The molecule has 18 heavy (non-hydrogen) atoms. The Kier molecular flexibility index (Phi) is 2.65. The molecule has 2 saturated carbocycles. The Morgan fingerprint density at radius 2 is 1.72 bits per heavy atom. The van der Waals surface area contributed by atoms with Crippen molar-refractivity contribution in [2.24, 2.45) is 17.8 Å². The number of fused-ring (bicyclic) bond motifs is 2. The summed E-state index contributed by atoms with van der Waals surface area (Å²) in [5.41, 5.74) is 3.43. The van der Waals surface area contributed by atoms with E-state index in [1.165, 1.54) is 51.6 Å². The van der Waals surface area contributed by atoms with Gasteiger partial charge in [0.2, 0.25) is 0 Å². The largest absolute Gasteiger partial charge is 0.300 e. The number of allylic oxidation sites excluding steroid dienone is 3. The van der Waals surface area contributed by atoms with Gasteiger partial charge in [-0.05, 0) is 80.5 Å². The molecule has 0 aromatic heterocycles. The summed E-state index contributed by atoms with van der Waals surface area (Å²) < 4.78 is 0. The molecule has 1 saturated heterocycles. The van der Waals surface area contributed by atoms with Gasteiger partial charge in [0.15, 0.2) is 0 Å². The first-order valence-corrected chi connectivity index (χ1v) is 7.99. The Labute approximate surface area is 111 Å². The van der Waals surface area contributed by atoms with Crippen LogP contribution in [-0.2, 0) is 0 Å². The second-order valence-electron chi connectivity index (χ2n) is 6.93. The minimum absolute atomic E-state index is 0.843. The van der Waals surface area contributed by atoms with E-state index in [4.69, 9.17) is 0 Å². The molecule has 1 heteroatoms. The van der Waals surface area contributed by atoms with Gasteiger partial charge in [-0.1, -0.05) is 19.1 Å². The van der Waals surface area contributed by atoms with Gasteiger partial charge in [0.1, 0.15) is 0 Å². The van der Waals surface area contributed by atoms with E-state index in [2.05, 4.69) is 24.0 Å². The van der Waals surface area contributed by atoms with Gasteiger partial charge in [0.05, 0.1) is 0 Å². The molecule has 0 spiro atoms. The van der Waals surface area contributed by atoms with Gasteiger partial charge < -0.3 is 0 Å². The lowest BCUT2D eigenvalue weighted by Crippen LogP contribution is -2.39. The number of likely N-dealkylation sites (tertiary alicyclic amines) is 1. The van der Waals surface area contributed by atoms with Crippen LogP contribution in [0.4, 0.5) is 0 Å². The van der Waals surface area contributed by atoms with Crippen LogP contribution in [0.5, 0.6) is 0 Å². The predicted molar refractivity (Wildman–Crippen MR) is 75.4 cm³/mol. The molecule has 0 radical (unpaired) electrons. The van der Waals surface area contributed by atoms with Crippen molar-refractivity contribution >= 4 is 0 Å². The molecule has 4 rings (SSSR count). The molecule has 4 atom stereocenters. The summed E-state index contributed by atoms with van der Waals surface area (Å²) in [6.45, 7) is 5.21. The Morgan fingerprint density at radius 1 is 1.00 bits per heavy atom. The third-order valence-corrected chi connectivity index (χ3v) is 5.79. The highest BCUT2D eigenvalue weighted by Gasteiger charge is 2.44. The Bertz CT molecular complexity index is 400. The van der Waals surface area contributed by atoms with E-state index in [1.54, 1.807) is 11.1 Å². The molecule has 4 aliphatic rings. The lowest BCUT2D eigenvalue weighted by atomic mass is 9.83. The maximum absolute atomic E-state index is 2.81. The van der Waals surface area contributed by atoms with Gasteiger partial charge in [0.25, 0.3) is 0 Å². The molecule has 3 fully saturated rings. The molecular formula is C17H25N. The zero-order chi connectivity index (χ0) is 12.1. The smallest absolute Gasteiger partial charge is 0.0190 e. The Morgan fingerprint density at radius 3 is 2.50 bits per heavy atom. The van der Waals surface area contributed by atoms with Crippen molar-refractivity contribution in [2.75, 3.05) is 13.1 Å². The van der Waals surface area contributed by atoms with Crippen molar-refractivity contribution in [1.29, 1.82) is 0 Å². The zero-order valence-corrected chi connectivity index (χ0v) is 11.6. The average Bonchev–Trinajstić information content (AvgIpc) is 3.02. The first-order chi connectivity index (χ1) is 8.83. The molecule has 1 nitrogen and oxygen atoms in total. The third kappa shape index (κ3) is 1.63. The molecule has 98 valence electrons. The van der Waals surface area contributed by atoms with Crippen molar-refractivity contribution in [3.05, 3.63) is 23.3 Å². The lowest BCUT2D eigenvalue weighted by Gasteiger charge is -2.33. The Balaban J connectivity index is 1.64. The van der Waals surface area contributed by atoms with Crippen molar-refractivity contribution in [3.63, 3.8) is 0 Å². The van der Waals surface area contributed by atoms with E-state index in [0.29, 0.717) is 0 Å². The van der Waals surface area contributed by atoms with E-state index in [1.807, 2.05) is 0 Å². The summed E-state index contributed by atoms with van der Waals surface area (Å²) in [6, 6.07) is 0.850. The third-order valence-electron chi connectivity index (χ3n) is 5.79. The standard InChI is InChI=1S/C17H25N/c1-12-9-15-10-13-5-4-6-14(13)11-16(15)17(12)18-7-2-3-8-18/h10-12,15-17H,2-9H2,1H3. The summed E-state index contributed by atoms with van der Waals surface area (Å²) in [4.78, 5) is 2.81. The first kappa shape index (κ1) is 11.3. The van der Waals surface area contributed by atoms with Crippen LogP contribution in [0.2, 0.25) is 0 Å². The van der Waals surface area contributed by atoms with Crippen LogP contribution in [0.3, 0.4) is 0 Å². The summed E-state index contributed by atoms with van der Waals surface area (Å²) >= 11 is 0. The van der Waals surface area contributed by atoms with E-state index < -0.39 is 0 Å². The lowest BCUT2D eigenvalue weighted by molar-refractivity contribution is 0.176. The molecule has 1 heterocycles. The van der Waals surface area contributed by atoms with Crippen LogP contribution in [0.25, 0.3) is 0 Å². The minimum Gasteiger partial charge on any atom is -0.300 e. The van der Waals surface area contributed by atoms with Crippen LogP contribution in [0.15, 0.2) is 23.3 Å². The molecule has 0 aromatic rings. The molecule has 0 N–H and O–H groups in total. The average molecular weight is 243 g/mol. The van der Waals surface area contributed by atoms with Gasteiger partial charge in [-0.3, -0.25) is 4.90 Å². The van der Waals surface area contributed by atoms with Crippen LogP contribution < -0.4 is 0 Å². The summed E-state index contributed by atoms with van der Waals surface area (Å²) in [7, 11) is 0. The topological polar surface area (TPSA) is 3.24 Å². The van der Waals surface area contributed by atoms with Crippen molar-refractivity contribution in [1.82, 2.24) is 4.90 Å². The van der Waals surface area contributed by atoms with Crippen molar-refractivity contribution in [3.8, 4) is 0 Å². The second-order valence-corrected chi connectivity index (χ2v) is 6.93. The number of nitrogens with zero attached hydrogens (tertiary/aromatic N) is 1. The maximum Gasteiger partial charge on any atom is 0.0190 e. The van der Waals surface area contributed by atoms with E-state index in [0.717, 1.165) is 23.8 Å². The molecule has 3 aliphatic carbocycles. The minimum atomic E-state index is 0.843. The van der Waals surface area contributed by atoms with Crippen molar-refractivity contribution in [2.45, 2.75) is 51.5 Å². The zero-order valence-electron chi connectivity index (χ0n) is 11.6. The molecule has 0 amide bonds. The number of hydrogen-bond donors (Lipinski definition) is 0. The second kappa shape index (κ2) is 4.23. The fourth-order valence-corrected chi connectivity index (χ4v) is 5.06. The molecule has 0 bridgehead atoms. The number of hydrogen-bond acceptors (Lipinski definition) is 1. The highest BCUT2D eigenvalue weighted by atomic mass is 15.2. The van der Waals surface area contributed by atoms with Crippen LogP contribution in [0.1, 0.15) is 45.4 Å². The molecule has 0 aromatic carbocycles. The van der Waals surface area contributed by atoms with Gasteiger partial charge in [-0.2, -0.15) is 0 Å². The molecule has 1 aliphatic heterocycles. The summed E-state index contributed by atoms with van der Waals surface area (Å²) in [5, 5.41) is 0. The van der Waals surface area contributed by atoms with Gasteiger partial charge >= 0.3 is 0 Å². The molecular weight excluding hydrogens is 218 g/mol. The first-order valence-electron chi connectivity index (χ1n) is 7.99. The van der Waals surface area contributed by atoms with E-state index in [-0.39, 0.29) is 0 Å².